The second kappa shape index (κ2) is 6.70. The van der Waals surface area contributed by atoms with Crippen LogP contribution in [0.3, 0.4) is 0 Å². The Morgan fingerprint density at radius 2 is 2.21 bits per heavy atom. The van der Waals surface area contributed by atoms with Crippen molar-refractivity contribution < 1.29 is 9.84 Å². The van der Waals surface area contributed by atoms with E-state index in [9.17, 15) is 5.11 Å². The molecule has 19 heavy (non-hydrogen) atoms. The number of hydrogen-bond donors (Lipinski definition) is 2. The molecule has 0 saturated heterocycles. The number of rotatable bonds is 7. The van der Waals surface area contributed by atoms with Crippen molar-refractivity contribution in [2.75, 3.05) is 20.3 Å². The molecule has 0 aliphatic carbocycles. The van der Waals surface area contributed by atoms with Crippen LogP contribution in [0, 0.1) is 0 Å². The first kappa shape index (κ1) is 14.1. The highest BCUT2D eigenvalue weighted by Gasteiger charge is 2.04. The highest BCUT2D eigenvalue weighted by molar-refractivity contribution is 5.80. The van der Waals surface area contributed by atoms with Crippen LogP contribution in [0.15, 0.2) is 30.5 Å². The van der Waals surface area contributed by atoms with E-state index in [0.717, 1.165) is 19.7 Å². The topological polar surface area (TPSA) is 46.4 Å². The van der Waals surface area contributed by atoms with Crippen LogP contribution in [-0.4, -0.2) is 36.0 Å². The van der Waals surface area contributed by atoms with Gasteiger partial charge in [-0.15, -0.1) is 0 Å². The summed E-state index contributed by atoms with van der Waals surface area (Å²) in [6, 6.07) is 8.52. The average molecular weight is 262 g/mol. The highest BCUT2D eigenvalue weighted by Crippen LogP contribution is 2.18. The average Bonchev–Trinajstić information content (AvgIpc) is 2.77. The normalized spacial score (nSPS) is 13.0. The summed E-state index contributed by atoms with van der Waals surface area (Å²) in [6.45, 7) is 4.88. The molecule has 1 atom stereocenters. The second-order valence-electron chi connectivity index (χ2n) is 4.88. The molecule has 4 nitrogen and oxygen atoms in total. The zero-order chi connectivity index (χ0) is 13.7. The predicted molar refractivity (Wildman–Crippen MR) is 77.2 cm³/mol. The number of methoxy groups -OCH3 is 1. The monoisotopic (exact) mass is 262 g/mol. The third-order valence-electron chi connectivity index (χ3n) is 3.11. The fourth-order valence-electron chi connectivity index (χ4n) is 2.21. The van der Waals surface area contributed by atoms with Gasteiger partial charge in [0.25, 0.3) is 0 Å². The molecular weight excluding hydrogens is 240 g/mol. The van der Waals surface area contributed by atoms with Crippen molar-refractivity contribution in [3.8, 4) is 0 Å². The largest absolute Gasteiger partial charge is 0.392 e. The number of benzene rings is 1. The lowest BCUT2D eigenvalue weighted by atomic mass is 10.1. The van der Waals surface area contributed by atoms with Crippen LogP contribution in [0.1, 0.15) is 12.5 Å². The molecule has 1 aromatic carbocycles. The van der Waals surface area contributed by atoms with Crippen molar-refractivity contribution in [1.29, 1.82) is 0 Å². The van der Waals surface area contributed by atoms with Crippen LogP contribution in [0.25, 0.3) is 10.9 Å². The Morgan fingerprint density at radius 3 is 2.95 bits per heavy atom. The smallest absolute Gasteiger partial charge is 0.0691 e. The van der Waals surface area contributed by atoms with Crippen LogP contribution in [-0.2, 0) is 17.8 Å². The molecule has 1 heterocycles. The first-order chi connectivity index (χ1) is 9.20. The molecule has 1 unspecified atom stereocenters. The molecule has 0 radical (unpaired) electrons. The highest BCUT2D eigenvalue weighted by atomic mass is 16.5. The van der Waals surface area contributed by atoms with Gasteiger partial charge in [-0.1, -0.05) is 6.07 Å². The van der Waals surface area contributed by atoms with Gasteiger partial charge in [0.05, 0.1) is 12.7 Å². The third-order valence-corrected chi connectivity index (χ3v) is 3.11. The quantitative estimate of drug-likeness (QED) is 0.747. The lowest BCUT2D eigenvalue weighted by Crippen LogP contribution is -2.18. The Hall–Kier alpha value is -1.36. The summed E-state index contributed by atoms with van der Waals surface area (Å²) in [7, 11) is 1.71. The number of fused-ring (bicyclic) bond motifs is 1. The van der Waals surface area contributed by atoms with Crippen molar-refractivity contribution in [3.63, 3.8) is 0 Å². The van der Waals surface area contributed by atoms with Gasteiger partial charge in [0, 0.05) is 38.5 Å². The second-order valence-corrected chi connectivity index (χ2v) is 4.88. The van der Waals surface area contributed by atoms with Crippen LogP contribution in [0.2, 0.25) is 0 Å². The lowest BCUT2D eigenvalue weighted by Gasteiger charge is -2.08. The van der Waals surface area contributed by atoms with E-state index >= 15 is 0 Å². The zero-order valence-corrected chi connectivity index (χ0v) is 11.6. The number of aliphatic hydroxyl groups excluding tert-OH is 1. The number of aromatic nitrogens is 1. The van der Waals surface area contributed by atoms with E-state index in [-0.39, 0.29) is 6.10 Å². The summed E-state index contributed by atoms with van der Waals surface area (Å²) in [6.07, 6.45) is 1.70. The summed E-state index contributed by atoms with van der Waals surface area (Å²) in [5, 5.41) is 14.0. The molecule has 0 amide bonds. The fraction of sp³-hybridized carbons (Fsp3) is 0.467. The minimum Gasteiger partial charge on any atom is -0.392 e. The molecule has 0 fully saturated rings. The Labute approximate surface area is 114 Å². The van der Waals surface area contributed by atoms with Crippen LogP contribution >= 0.6 is 0 Å². The molecular formula is C15H22N2O2. The van der Waals surface area contributed by atoms with Crippen LogP contribution < -0.4 is 5.32 Å². The maximum absolute atomic E-state index is 9.46. The molecule has 0 aliphatic rings. The van der Waals surface area contributed by atoms with Crippen LogP contribution in [0.4, 0.5) is 0 Å². The molecule has 0 aliphatic heterocycles. The van der Waals surface area contributed by atoms with Gasteiger partial charge in [0.15, 0.2) is 0 Å². The summed E-state index contributed by atoms with van der Waals surface area (Å²) in [4.78, 5) is 0. The first-order valence-corrected chi connectivity index (χ1v) is 6.66. The van der Waals surface area contributed by atoms with E-state index in [1.165, 1.54) is 16.5 Å². The molecule has 104 valence electrons. The van der Waals surface area contributed by atoms with E-state index in [2.05, 4.69) is 34.1 Å². The molecule has 2 rings (SSSR count). The Morgan fingerprint density at radius 1 is 1.37 bits per heavy atom. The lowest BCUT2D eigenvalue weighted by molar-refractivity contribution is 0.175. The van der Waals surface area contributed by atoms with Gasteiger partial charge in [0.1, 0.15) is 0 Å². The predicted octanol–water partition coefficient (Wildman–Crippen LogP) is 1.76. The molecule has 0 spiro atoms. The zero-order valence-electron chi connectivity index (χ0n) is 11.6. The maximum atomic E-state index is 9.46. The third kappa shape index (κ3) is 3.80. The number of ether oxygens (including phenoxy) is 1. The first-order valence-electron chi connectivity index (χ1n) is 6.66. The van der Waals surface area contributed by atoms with Gasteiger partial charge in [-0.2, -0.15) is 0 Å². The van der Waals surface area contributed by atoms with Gasteiger partial charge < -0.3 is 19.7 Å². The molecule has 1 aromatic heterocycles. The van der Waals surface area contributed by atoms with Gasteiger partial charge in [-0.05, 0) is 36.1 Å². The number of hydrogen-bond acceptors (Lipinski definition) is 3. The number of nitrogens with one attached hydrogen (secondary N) is 1. The standard InChI is InChI=1S/C15H22N2O2/c1-12(18)11-17-7-5-14-9-13(3-4-15(14)17)10-16-6-8-19-2/h3-5,7,9,12,16,18H,6,8,10-11H2,1-2H3. The summed E-state index contributed by atoms with van der Waals surface area (Å²) >= 11 is 0. The van der Waals surface area contributed by atoms with Crippen molar-refractivity contribution in [3.05, 3.63) is 36.0 Å². The van der Waals surface area contributed by atoms with E-state index in [4.69, 9.17) is 4.74 Å². The van der Waals surface area contributed by atoms with Gasteiger partial charge in [-0.3, -0.25) is 0 Å². The Bertz CT molecular complexity index is 520. The molecule has 4 heteroatoms. The van der Waals surface area contributed by atoms with Gasteiger partial charge in [0.2, 0.25) is 0 Å². The van der Waals surface area contributed by atoms with E-state index in [1.54, 1.807) is 14.0 Å². The Balaban J connectivity index is 2.05. The summed E-state index contributed by atoms with van der Waals surface area (Å²) in [5.41, 5.74) is 2.43. The maximum Gasteiger partial charge on any atom is 0.0691 e. The Kier molecular flexibility index (Phi) is 4.96. The van der Waals surface area contributed by atoms with Crippen molar-refractivity contribution in [1.82, 2.24) is 9.88 Å². The van der Waals surface area contributed by atoms with E-state index in [1.807, 2.05) is 6.20 Å². The van der Waals surface area contributed by atoms with Gasteiger partial charge in [-0.25, -0.2) is 0 Å². The van der Waals surface area contributed by atoms with Gasteiger partial charge >= 0.3 is 0 Å². The van der Waals surface area contributed by atoms with Crippen molar-refractivity contribution >= 4 is 10.9 Å². The van der Waals surface area contributed by atoms with Crippen molar-refractivity contribution in [2.45, 2.75) is 26.1 Å². The van der Waals surface area contributed by atoms with Crippen LogP contribution in [0.5, 0.6) is 0 Å². The number of nitrogens with zero attached hydrogens (tertiary/aromatic N) is 1. The molecule has 0 bridgehead atoms. The van der Waals surface area contributed by atoms with Crippen molar-refractivity contribution in [2.24, 2.45) is 0 Å². The minimum absolute atomic E-state index is 0.328. The minimum atomic E-state index is -0.328. The van der Waals surface area contributed by atoms with E-state index in [0.29, 0.717) is 6.54 Å². The SMILES string of the molecule is COCCNCc1ccc2c(ccn2CC(C)O)c1. The summed E-state index contributed by atoms with van der Waals surface area (Å²) < 4.78 is 7.09. The van der Waals surface area contributed by atoms with E-state index < -0.39 is 0 Å². The molecule has 0 saturated carbocycles. The molecule has 2 aromatic rings. The fourth-order valence-corrected chi connectivity index (χ4v) is 2.21. The summed E-state index contributed by atoms with van der Waals surface area (Å²) in [5.74, 6) is 0. The molecule has 2 N–H and O–H groups in total. The number of aliphatic hydroxyl groups is 1.